The van der Waals surface area contributed by atoms with Gasteiger partial charge >= 0.3 is 5.97 Å². The van der Waals surface area contributed by atoms with E-state index in [0.717, 1.165) is 11.3 Å². The number of esters is 1. The molecule has 0 saturated carbocycles. The molecule has 28 heavy (non-hydrogen) atoms. The molecule has 0 bridgehead atoms. The number of amides is 1. The Hall–Kier alpha value is -3.20. The third-order valence-electron chi connectivity index (χ3n) is 3.89. The van der Waals surface area contributed by atoms with Crippen molar-refractivity contribution in [3.05, 3.63) is 50.9 Å². The van der Waals surface area contributed by atoms with Crippen molar-refractivity contribution in [2.45, 2.75) is 20.8 Å². The van der Waals surface area contributed by atoms with Crippen LogP contribution in [0.1, 0.15) is 28.0 Å². The Kier molecular flexibility index (Phi) is 5.74. The van der Waals surface area contributed by atoms with E-state index in [9.17, 15) is 14.4 Å². The van der Waals surface area contributed by atoms with Crippen LogP contribution < -0.4 is 15.6 Å². The number of rotatable bonds is 6. The lowest BCUT2D eigenvalue weighted by atomic mass is 10.2. The van der Waals surface area contributed by atoms with Crippen molar-refractivity contribution < 1.29 is 19.1 Å². The lowest BCUT2D eigenvalue weighted by Crippen LogP contribution is -2.20. The first-order valence-corrected chi connectivity index (χ1v) is 9.40. The van der Waals surface area contributed by atoms with Gasteiger partial charge in [0.2, 0.25) is 0 Å². The van der Waals surface area contributed by atoms with E-state index in [1.165, 1.54) is 0 Å². The van der Waals surface area contributed by atoms with Crippen LogP contribution in [0.25, 0.3) is 10.2 Å². The fourth-order valence-corrected chi connectivity index (χ4v) is 3.76. The first kappa shape index (κ1) is 19.6. The van der Waals surface area contributed by atoms with Gasteiger partial charge in [-0.05, 0) is 50.6 Å². The molecule has 0 unspecified atom stereocenters. The van der Waals surface area contributed by atoms with Crippen LogP contribution >= 0.6 is 11.3 Å². The smallest absolute Gasteiger partial charge is 0.349 e. The summed E-state index contributed by atoms with van der Waals surface area (Å²) in [7, 11) is 0. The van der Waals surface area contributed by atoms with Crippen molar-refractivity contribution in [3.8, 4) is 5.75 Å². The van der Waals surface area contributed by atoms with E-state index in [1.807, 2.05) is 6.92 Å². The van der Waals surface area contributed by atoms with E-state index < -0.39 is 18.5 Å². The predicted octanol–water partition coefficient (Wildman–Crippen LogP) is 2.80. The molecule has 2 aromatic heterocycles. The maximum Gasteiger partial charge on any atom is 0.349 e. The number of anilines is 1. The third kappa shape index (κ3) is 4.20. The quantitative estimate of drug-likeness (QED) is 0.615. The number of hydrogen-bond acceptors (Lipinski definition) is 7. The van der Waals surface area contributed by atoms with Gasteiger partial charge in [0.15, 0.2) is 6.61 Å². The predicted molar refractivity (Wildman–Crippen MR) is 106 cm³/mol. The van der Waals surface area contributed by atoms with Crippen LogP contribution in [-0.2, 0) is 9.53 Å². The Morgan fingerprint density at radius 1 is 1.21 bits per heavy atom. The lowest BCUT2D eigenvalue weighted by molar-refractivity contribution is -0.119. The SMILES string of the molecule is CCOc1ccc(NC(=O)COC(=O)c2sc3nc(C)[nH]c(=O)c3c2C)cc1. The van der Waals surface area contributed by atoms with Gasteiger partial charge in [0, 0.05) is 5.69 Å². The van der Waals surface area contributed by atoms with Crippen molar-refractivity contribution in [3.63, 3.8) is 0 Å². The molecule has 9 heteroatoms. The number of benzene rings is 1. The standard InChI is InChI=1S/C19H19N3O5S/c1-4-26-13-7-5-12(6-8-13)22-14(23)9-27-19(25)16-10(2)15-17(24)20-11(3)21-18(15)28-16/h5-8H,4,9H2,1-3H3,(H,22,23)(H,20,21,24). The number of H-pyrrole nitrogens is 1. The van der Waals surface area contributed by atoms with Crippen LogP contribution in [0, 0.1) is 13.8 Å². The molecule has 2 heterocycles. The number of nitrogens with zero attached hydrogens (tertiary/aromatic N) is 1. The Balaban J connectivity index is 1.64. The number of aryl methyl sites for hydroxylation is 2. The Morgan fingerprint density at radius 3 is 2.61 bits per heavy atom. The fraction of sp³-hybridized carbons (Fsp3) is 0.263. The average molecular weight is 401 g/mol. The van der Waals surface area contributed by atoms with E-state index >= 15 is 0 Å². The normalized spacial score (nSPS) is 10.7. The molecular formula is C19H19N3O5S. The minimum absolute atomic E-state index is 0.257. The number of carbonyl (C=O) groups is 2. The van der Waals surface area contributed by atoms with E-state index in [1.54, 1.807) is 38.1 Å². The summed E-state index contributed by atoms with van der Waals surface area (Å²) in [6, 6.07) is 6.86. The third-order valence-corrected chi connectivity index (χ3v) is 5.05. The Labute approximate surface area is 164 Å². The minimum Gasteiger partial charge on any atom is -0.494 e. The molecule has 0 aliphatic heterocycles. The van der Waals surface area contributed by atoms with Gasteiger partial charge in [-0.2, -0.15) is 0 Å². The first-order valence-electron chi connectivity index (χ1n) is 8.59. The summed E-state index contributed by atoms with van der Waals surface area (Å²) in [5.74, 6) is 0.0295. The average Bonchev–Trinajstić information content (AvgIpc) is 2.98. The number of carbonyl (C=O) groups excluding carboxylic acids is 2. The summed E-state index contributed by atoms with van der Waals surface area (Å²) >= 11 is 1.07. The monoisotopic (exact) mass is 401 g/mol. The number of ether oxygens (including phenoxy) is 2. The van der Waals surface area contributed by atoms with Crippen LogP contribution in [0.3, 0.4) is 0 Å². The molecule has 0 spiro atoms. The van der Waals surface area contributed by atoms with Crippen molar-refractivity contribution in [2.75, 3.05) is 18.5 Å². The van der Waals surface area contributed by atoms with Crippen LogP contribution in [-0.4, -0.2) is 35.1 Å². The molecule has 2 N–H and O–H groups in total. The highest BCUT2D eigenvalue weighted by Crippen LogP contribution is 2.27. The Bertz CT molecular complexity index is 1090. The van der Waals surface area contributed by atoms with Crippen molar-refractivity contribution in [1.82, 2.24) is 9.97 Å². The fourth-order valence-electron chi connectivity index (χ4n) is 2.64. The summed E-state index contributed by atoms with van der Waals surface area (Å²) < 4.78 is 10.4. The van der Waals surface area contributed by atoms with Crippen molar-refractivity contribution in [1.29, 1.82) is 0 Å². The lowest BCUT2D eigenvalue weighted by Gasteiger charge is -2.07. The second-order valence-electron chi connectivity index (χ2n) is 5.97. The van der Waals surface area contributed by atoms with Gasteiger partial charge < -0.3 is 19.8 Å². The molecule has 3 aromatic rings. The highest BCUT2D eigenvalue weighted by molar-refractivity contribution is 7.20. The Morgan fingerprint density at radius 2 is 1.93 bits per heavy atom. The summed E-state index contributed by atoms with van der Waals surface area (Å²) in [6.45, 7) is 5.32. The van der Waals surface area contributed by atoms with Crippen LogP contribution in [0.15, 0.2) is 29.1 Å². The zero-order valence-corrected chi connectivity index (χ0v) is 16.4. The molecule has 146 valence electrons. The van der Waals surface area contributed by atoms with Gasteiger partial charge in [0.25, 0.3) is 11.5 Å². The molecule has 0 atom stereocenters. The maximum atomic E-state index is 12.4. The number of aromatic nitrogens is 2. The minimum atomic E-state index is -0.667. The summed E-state index contributed by atoms with van der Waals surface area (Å²) in [6.07, 6.45) is 0. The van der Waals surface area contributed by atoms with Gasteiger partial charge in [-0.1, -0.05) is 0 Å². The topological polar surface area (TPSA) is 110 Å². The maximum absolute atomic E-state index is 12.4. The number of hydrogen-bond donors (Lipinski definition) is 2. The van der Waals surface area contributed by atoms with Gasteiger partial charge in [0.1, 0.15) is 21.3 Å². The molecule has 8 nitrogen and oxygen atoms in total. The van der Waals surface area contributed by atoms with Gasteiger partial charge in [0.05, 0.1) is 12.0 Å². The molecule has 0 radical (unpaired) electrons. The van der Waals surface area contributed by atoms with Crippen LogP contribution in [0.4, 0.5) is 5.69 Å². The summed E-state index contributed by atoms with van der Waals surface area (Å²) in [5.41, 5.74) is 0.753. The van der Waals surface area contributed by atoms with Crippen LogP contribution in [0.5, 0.6) is 5.75 Å². The van der Waals surface area contributed by atoms with E-state index in [-0.39, 0.29) is 10.4 Å². The zero-order chi connectivity index (χ0) is 20.3. The number of thiophene rings is 1. The van der Waals surface area contributed by atoms with Gasteiger partial charge in [-0.15, -0.1) is 11.3 Å². The highest BCUT2D eigenvalue weighted by atomic mass is 32.1. The molecule has 0 fully saturated rings. The van der Waals surface area contributed by atoms with Gasteiger partial charge in [-0.25, -0.2) is 9.78 Å². The number of aromatic amines is 1. The second-order valence-corrected chi connectivity index (χ2v) is 6.97. The zero-order valence-electron chi connectivity index (χ0n) is 15.6. The molecule has 0 saturated heterocycles. The van der Waals surface area contributed by atoms with Crippen LogP contribution in [0.2, 0.25) is 0 Å². The van der Waals surface area contributed by atoms with Gasteiger partial charge in [-0.3, -0.25) is 9.59 Å². The van der Waals surface area contributed by atoms with E-state index in [0.29, 0.717) is 39.6 Å². The number of fused-ring (bicyclic) bond motifs is 1. The molecular weight excluding hydrogens is 382 g/mol. The summed E-state index contributed by atoms with van der Waals surface area (Å²) in [5, 5.41) is 3.00. The van der Waals surface area contributed by atoms with Crippen molar-refractivity contribution >= 4 is 39.1 Å². The van der Waals surface area contributed by atoms with E-state index in [2.05, 4.69) is 15.3 Å². The second kappa shape index (κ2) is 8.22. The van der Waals surface area contributed by atoms with E-state index in [4.69, 9.17) is 9.47 Å². The summed E-state index contributed by atoms with van der Waals surface area (Å²) in [4.78, 5) is 44.0. The molecule has 1 amide bonds. The molecule has 0 aliphatic carbocycles. The largest absolute Gasteiger partial charge is 0.494 e. The highest BCUT2D eigenvalue weighted by Gasteiger charge is 2.20. The molecule has 1 aromatic carbocycles. The number of nitrogens with one attached hydrogen (secondary N) is 2. The molecule has 3 rings (SSSR count). The molecule has 0 aliphatic rings. The van der Waals surface area contributed by atoms with Crippen molar-refractivity contribution in [2.24, 2.45) is 0 Å². The first-order chi connectivity index (χ1) is 13.4.